The average Bonchev–Trinajstić information content (AvgIpc) is 2.54. The Morgan fingerprint density at radius 3 is 2.47 bits per heavy atom. The Morgan fingerprint density at radius 2 is 1.87 bits per heavy atom. The van der Waals surface area contributed by atoms with Crippen molar-refractivity contribution in [2.45, 2.75) is 40.7 Å². The number of rotatable bonds is 0. The molecule has 0 N–H and O–H groups in total. The number of hydrogen-bond acceptors (Lipinski definition) is 1. The minimum atomic E-state index is 0.204. The first-order valence-electron chi connectivity index (χ1n) is 5.63. The van der Waals surface area contributed by atoms with E-state index in [1.54, 1.807) is 0 Å². The summed E-state index contributed by atoms with van der Waals surface area (Å²) in [6.07, 6.45) is 6.74. The number of fused-ring (bicyclic) bond motifs is 1. The minimum Gasteiger partial charge on any atom is -0.493 e. The summed E-state index contributed by atoms with van der Waals surface area (Å²) >= 11 is 0. The van der Waals surface area contributed by atoms with Crippen molar-refractivity contribution in [3.8, 4) is 0 Å². The Kier molecular flexibility index (Phi) is 2.29. The quantitative estimate of drug-likeness (QED) is 0.582. The molecule has 0 radical (unpaired) electrons. The van der Waals surface area contributed by atoms with Gasteiger partial charge in [0.25, 0.3) is 0 Å². The van der Waals surface area contributed by atoms with Crippen LogP contribution in [0.25, 0.3) is 0 Å². The van der Waals surface area contributed by atoms with E-state index in [0.29, 0.717) is 5.92 Å². The van der Waals surface area contributed by atoms with E-state index >= 15 is 0 Å². The highest BCUT2D eigenvalue weighted by molar-refractivity contribution is 5.39. The van der Waals surface area contributed by atoms with Crippen LogP contribution < -0.4 is 0 Å². The monoisotopic (exact) mass is 204 g/mol. The van der Waals surface area contributed by atoms with Crippen LogP contribution in [0.5, 0.6) is 0 Å². The van der Waals surface area contributed by atoms with Gasteiger partial charge < -0.3 is 4.74 Å². The van der Waals surface area contributed by atoms with Crippen LogP contribution in [-0.4, -0.2) is 6.10 Å². The summed E-state index contributed by atoms with van der Waals surface area (Å²) in [4.78, 5) is 0. The molecule has 15 heavy (non-hydrogen) atoms. The largest absolute Gasteiger partial charge is 0.493 e. The first kappa shape index (κ1) is 10.5. The van der Waals surface area contributed by atoms with Gasteiger partial charge >= 0.3 is 0 Å². The zero-order chi connectivity index (χ0) is 11.2. The molecule has 0 aromatic carbocycles. The second-order valence-electron chi connectivity index (χ2n) is 5.63. The van der Waals surface area contributed by atoms with Gasteiger partial charge in [-0.05, 0) is 36.0 Å². The van der Waals surface area contributed by atoms with Crippen molar-refractivity contribution in [2.75, 3.05) is 0 Å². The molecule has 1 heterocycles. The summed E-state index contributed by atoms with van der Waals surface area (Å²) in [5.41, 5.74) is 4.34. The standard InChI is InChI=1S/C14H20O/c1-9-6-7-11-12(14(3,4)5)8-15-13(11)10(9)2/h6-8,11,13H,1-5H3. The van der Waals surface area contributed by atoms with E-state index in [1.165, 1.54) is 16.7 Å². The molecule has 0 fully saturated rings. The molecular formula is C14H20O. The van der Waals surface area contributed by atoms with Gasteiger partial charge in [-0.3, -0.25) is 0 Å². The lowest BCUT2D eigenvalue weighted by Crippen LogP contribution is -2.25. The lowest BCUT2D eigenvalue weighted by Gasteiger charge is -2.29. The van der Waals surface area contributed by atoms with E-state index < -0.39 is 0 Å². The van der Waals surface area contributed by atoms with Crippen molar-refractivity contribution >= 4 is 0 Å². The zero-order valence-corrected chi connectivity index (χ0v) is 10.3. The molecule has 0 amide bonds. The third-order valence-corrected chi connectivity index (χ3v) is 3.50. The van der Waals surface area contributed by atoms with Crippen LogP contribution in [0.3, 0.4) is 0 Å². The van der Waals surface area contributed by atoms with Crippen molar-refractivity contribution in [3.05, 3.63) is 35.1 Å². The molecule has 2 unspecified atom stereocenters. The third kappa shape index (κ3) is 1.64. The summed E-state index contributed by atoms with van der Waals surface area (Å²) in [7, 11) is 0. The van der Waals surface area contributed by atoms with Gasteiger partial charge in [0.15, 0.2) is 0 Å². The van der Waals surface area contributed by atoms with Gasteiger partial charge in [-0.15, -0.1) is 0 Å². The molecule has 0 aromatic rings. The average molecular weight is 204 g/mol. The van der Waals surface area contributed by atoms with Gasteiger partial charge in [-0.2, -0.15) is 0 Å². The third-order valence-electron chi connectivity index (χ3n) is 3.50. The summed E-state index contributed by atoms with van der Waals surface area (Å²) in [6, 6.07) is 0. The second-order valence-corrected chi connectivity index (χ2v) is 5.63. The molecule has 2 atom stereocenters. The van der Waals surface area contributed by atoms with Crippen molar-refractivity contribution < 1.29 is 4.74 Å². The molecule has 0 saturated carbocycles. The van der Waals surface area contributed by atoms with Crippen LogP contribution in [0.2, 0.25) is 0 Å². The Morgan fingerprint density at radius 1 is 1.20 bits per heavy atom. The molecule has 1 aliphatic carbocycles. The summed E-state index contributed by atoms with van der Waals surface area (Å²) in [5.74, 6) is 0.452. The molecule has 1 nitrogen and oxygen atoms in total. The summed E-state index contributed by atoms with van der Waals surface area (Å²) < 4.78 is 5.81. The smallest absolute Gasteiger partial charge is 0.129 e. The van der Waals surface area contributed by atoms with E-state index in [9.17, 15) is 0 Å². The van der Waals surface area contributed by atoms with E-state index in [4.69, 9.17) is 4.74 Å². The lowest BCUT2D eigenvalue weighted by molar-refractivity contribution is 0.178. The molecule has 1 heteroatoms. The fraction of sp³-hybridized carbons (Fsp3) is 0.571. The molecule has 0 aromatic heterocycles. The fourth-order valence-electron chi connectivity index (χ4n) is 2.33. The van der Waals surface area contributed by atoms with Crippen molar-refractivity contribution in [3.63, 3.8) is 0 Å². The highest BCUT2D eigenvalue weighted by atomic mass is 16.5. The Balaban J connectivity index is 2.31. The van der Waals surface area contributed by atoms with Crippen LogP contribution in [0.15, 0.2) is 35.1 Å². The van der Waals surface area contributed by atoms with Crippen LogP contribution in [-0.2, 0) is 4.74 Å². The maximum Gasteiger partial charge on any atom is 0.129 e. The van der Waals surface area contributed by atoms with E-state index in [1.807, 2.05) is 6.26 Å². The predicted octanol–water partition coefficient (Wildman–Crippen LogP) is 3.84. The first-order valence-corrected chi connectivity index (χ1v) is 5.63. The number of allylic oxidation sites excluding steroid dienone is 2. The van der Waals surface area contributed by atoms with Gasteiger partial charge in [0.05, 0.1) is 6.26 Å². The molecule has 82 valence electrons. The fourth-order valence-corrected chi connectivity index (χ4v) is 2.33. The van der Waals surface area contributed by atoms with Gasteiger partial charge in [-0.25, -0.2) is 0 Å². The highest BCUT2D eigenvalue weighted by Crippen LogP contribution is 2.43. The molecule has 0 bridgehead atoms. The second kappa shape index (κ2) is 3.26. The number of hydrogen-bond donors (Lipinski definition) is 0. The van der Waals surface area contributed by atoms with Gasteiger partial charge in [0.2, 0.25) is 0 Å². The maximum atomic E-state index is 5.81. The van der Waals surface area contributed by atoms with E-state index in [2.05, 4.69) is 46.8 Å². The van der Waals surface area contributed by atoms with Crippen molar-refractivity contribution in [1.82, 2.24) is 0 Å². The summed E-state index contributed by atoms with van der Waals surface area (Å²) in [5, 5.41) is 0. The Labute approximate surface area is 92.5 Å². The minimum absolute atomic E-state index is 0.204. The normalized spacial score (nSPS) is 30.1. The van der Waals surface area contributed by atoms with Gasteiger partial charge in [0, 0.05) is 5.92 Å². The van der Waals surface area contributed by atoms with Crippen LogP contribution in [0, 0.1) is 11.3 Å². The highest BCUT2D eigenvalue weighted by Gasteiger charge is 2.38. The SMILES string of the molecule is CC1=C(C)C2OC=C(C(C)(C)C)C2C=C1. The molecule has 1 aliphatic heterocycles. The number of ether oxygens (including phenoxy) is 1. The predicted molar refractivity (Wildman–Crippen MR) is 63.4 cm³/mol. The Bertz CT molecular complexity index is 363. The van der Waals surface area contributed by atoms with Gasteiger partial charge in [0.1, 0.15) is 6.10 Å². The van der Waals surface area contributed by atoms with E-state index in [-0.39, 0.29) is 11.5 Å². The summed E-state index contributed by atoms with van der Waals surface area (Å²) in [6.45, 7) is 11.1. The van der Waals surface area contributed by atoms with Crippen molar-refractivity contribution in [1.29, 1.82) is 0 Å². The molecule has 2 aliphatic rings. The topological polar surface area (TPSA) is 9.23 Å². The Hall–Kier alpha value is -0.980. The van der Waals surface area contributed by atoms with Gasteiger partial charge in [-0.1, -0.05) is 32.9 Å². The van der Waals surface area contributed by atoms with Crippen molar-refractivity contribution in [2.24, 2.45) is 11.3 Å². The first-order chi connectivity index (χ1) is 6.91. The van der Waals surface area contributed by atoms with E-state index in [0.717, 1.165) is 0 Å². The van der Waals surface area contributed by atoms with Crippen LogP contribution in [0.4, 0.5) is 0 Å². The maximum absolute atomic E-state index is 5.81. The molecular weight excluding hydrogens is 184 g/mol. The lowest BCUT2D eigenvalue weighted by atomic mass is 9.75. The molecule has 0 spiro atoms. The van der Waals surface area contributed by atoms with Crippen LogP contribution in [0.1, 0.15) is 34.6 Å². The molecule has 0 saturated heterocycles. The van der Waals surface area contributed by atoms with Crippen LogP contribution >= 0.6 is 0 Å². The zero-order valence-electron chi connectivity index (χ0n) is 10.3. The molecule has 2 rings (SSSR count).